The number of rotatable bonds is 10. The van der Waals surface area contributed by atoms with Crippen LogP contribution in [0.25, 0.3) is 10.9 Å². The summed E-state index contributed by atoms with van der Waals surface area (Å²) in [6.45, 7) is 4.57. The first-order valence-electron chi connectivity index (χ1n) is 14.0. The minimum atomic E-state index is -3.82. The van der Waals surface area contributed by atoms with E-state index >= 15 is 0 Å². The number of methoxy groups -OCH3 is 1. The lowest BCUT2D eigenvalue weighted by atomic mass is 9.82. The van der Waals surface area contributed by atoms with E-state index in [0.717, 1.165) is 35.1 Å². The monoisotopic (exact) mass is 572 g/mol. The summed E-state index contributed by atoms with van der Waals surface area (Å²) in [4.78, 5) is 14.9. The van der Waals surface area contributed by atoms with Crippen LogP contribution in [0.15, 0.2) is 108 Å². The average Bonchev–Trinajstić information content (AvgIpc) is 3.41. The fourth-order valence-corrected chi connectivity index (χ4v) is 7.07. The van der Waals surface area contributed by atoms with Crippen LogP contribution in [0.5, 0.6) is 0 Å². The van der Waals surface area contributed by atoms with Gasteiger partial charge in [-0.1, -0.05) is 79.2 Å². The summed E-state index contributed by atoms with van der Waals surface area (Å²) in [6, 6.07) is 26.0. The SMILES string of the molecule is CC[C@@H]1CN(CCOCc2ccccc2)[C@H](c2cn(S(=O)(=O)c3ccccc3)c3ccccc23)C/C1=C\C(=O)OC. The van der Waals surface area contributed by atoms with Crippen molar-refractivity contribution in [3.63, 3.8) is 0 Å². The Kier molecular flexibility index (Phi) is 9.03. The normalized spacial score (nSPS) is 19.0. The van der Waals surface area contributed by atoms with Crippen molar-refractivity contribution in [1.29, 1.82) is 0 Å². The van der Waals surface area contributed by atoms with Crippen molar-refractivity contribution in [3.8, 4) is 0 Å². The summed E-state index contributed by atoms with van der Waals surface area (Å²) in [5.74, 6) is -0.188. The number of hydrogen-bond donors (Lipinski definition) is 0. The zero-order valence-corrected chi connectivity index (χ0v) is 24.3. The van der Waals surface area contributed by atoms with E-state index in [1.54, 1.807) is 42.6 Å². The van der Waals surface area contributed by atoms with Crippen LogP contribution >= 0.6 is 0 Å². The molecular weight excluding hydrogens is 536 g/mol. The molecule has 0 unspecified atom stereocenters. The highest BCUT2D eigenvalue weighted by Gasteiger charge is 2.35. The Morgan fingerprint density at radius 1 is 0.976 bits per heavy atom. The van der Waals surface area contributed by atoms with Gasteiger partial charge in [0.05, 0.1) is 30.7 Å². The zero-order valence-electron chi connectivity index (χ0n) is 23.5. The van der Waals surface area contributed by atoms with Crippen molar-refractivity contribution in [2.75, 3.05) is 26.8 Å². The molecule has 1 saturated heterocycles. The minimum absolute atomic E-state index is 0.147. The average molecular weight is 573 g/mol. The third-order valence-electron chi connectivity index (χ3n) is 7.85. The third kappa shape index (κ3) is 6.30. The Morgan fingerprint density at radius 3 is 2.37 bits per heavy atom. The predicted molar refractivity (Wildman–Crippen MR) is 160 cm³/mol. The molecule has 0 bridgehead atoms. The zero-order chi connectivity index (χ0) is 28.8. The van der Waals surface area contributed by atoms with Gasteiger partial charge in [0.1, 0.15) is 0 Å². The molecule has 0 N–H and O–H groups in total. The van der Waals surface area contributed by atoms with Crippen LogP contribution < -0.4 is 0 Å². The van der Waals surface area contributed by atoms with Gasteiger partial charge in [-0.25, -0.2) is 17.2 Å². The van der Waals surface area contributed by atoms with Crippen molar-refractivity contribution < 1.29 is 22.7 Å². The first-order valence-corrected chi connectivity index (χ1v) is 15.4. The molecule has 0 saturated carbocycles. The number of para-hydroxylation sites is 1. The van der Waals surface area contributed by atoms with Gasteiger partial charge >= 0.3 is 5.97 Å². The molecule has 2 atom stereocenters. The first kappa shape index (κ1) is 28.8. The summed E-state index contributed by atoms with van der Waals surface area (Å²) in [5.41, 5.74) is 3.68. The summed E-state index contributed by atoms with van der Waals surface area (Å²) in [6.07, 6.45) is 4.84. The molecular formula is C33H36N2O5S. The maximum atomic E-state index is 13.8. The van der Waals surface area contributed by atoms with Gasteiger partial charge in [-0.15, -0.1) is 0 Å². The number of benzene rings is 3. The molecule has 3 aromatic carbocycles. The molecule has 7 nitrogen and oxygen atoms in total. The van der Waals surface area contributed by atoms with Gasteiger partial charge in [-0.2, -0.15) is 0 Å². The number of likely N-dealkylation sites (tertiary alicyclic amines) is 1. The van der Waals surface area contributed by atoms with Crippen LogP contribution in [-0.2, 0) is 30.9 Å². The highest BCUT2D eigenvalue weighted by molar-refractivity contribution is 7.90. The van der Waals surface area contributed by atoms with E-state index in [4.69, 9.17) is 9.47 Å². The highest BCUT2D eigenvalue weighted by Crippen LogP contribution is 2.41. The molecule has 41 heavy (non-hydrogen) atoms. The Bertz CT molecular complexity index is 1610. The van der Waals surface area contributed by atoms with Gasteiger partial charge in [0.2, 0.25) is 0 Å². The lowest BCUT2D eigenvalue weighted by Crippen LogP contribution is -2.41. The van der Waals surface area contributed by atoms with E-state index in [9.17, 15) is 13.2 Å². The van der Waals surface area contributed by atoms with Gasteiger partial charge in [-0.3, -0.25) is 4.90 Å². The summed E-state index contributed by atoms with van der Waals surface area (Å²) < 4.78 is 40.0. The van der Waals surface area contributed by atoms with Crippen molar-refractivity contribution in [1.82, 2.24) is 8.87 Å². The fraction of sp³-hybridized carbons (Fsp3) is 0.303. The molecule has 1 aliphatic heterocycles. The predicted octanol–water partition coefficient (Wildman–Crippen LogP) is 5.97. The number of nitrogens with zero attached hydrogens (tertiary/aromatic N) is 2. The summed E-state index contributed by atoms with van der Waals surface area (Å²) in [5, 5.41) is 0.875. The first-order chi connectivity index (χ1) is 19.9. The molecule has 0 aliphatic carbocycles. The van der Waals surface area contributed by atoms with Crippen LogP contribution in [0.1, 0.15) is 36.9 Å². The molecule has 5 rings (SSSR count). The van der Waals surface area contributed by atoms with Gasteiger partial charge < -0.3 is 9.47 Å². The van der Waals surface area contributed by atoms with E-state index in [1.807, 2.05) is 54.6 Å². The number of ether oxygens (including phenoxy) is 2. The van der Waals surface area contributed by atoms with Crippen LogP contribution in [0.2, 0.25) is 0 Å². The second-order valence-corrected chi connectivity index (χ2v) is 12.1. The smallest absolute Gasteiger partial charge is 0.330 e. The van der Waals surface area contributed by atoms with Gasteiger partial charge in [0.15, 0.2) is 0 Å². The highest BCUT2D eigenvalue weighted by atomic mass is 32.2. The van der Waals surface area contributed by atoms with E-state index in [0.29, 0.717) is 31.7 Å². The largest absolute Gasteiger partial charge is 0.466 e. The molecule has 1 aromatic heterocycles. The molecule has 4 aromatic rings. The topological polar surface area (TPSA) is 77.8 Å². The van der Waals surface area contributed by atoms with Crippen molar-refractivity contribution in [2.45, 2.75) is 37.3 Å². The second-order valence-electron chi connectivity index (χ2n) is 10.3. The molecule has 0 spiro atoms. The molecule has 8 heteroatoms. The van der Waals surface area contributed by atoms with Crippen molar-refractivity contribution in [2.24, 2.45) is 5.92 Å². The maximum absolute atomic E-state index is 13.8. The van der Waals surface area contributed by atoms with E-state index in [-0.39, 0.29) is 22.8 Å². The second kappa shape index (κ2) is 12.9. The molecule has 1 fully saturated rings. The standard InChI is InChI=1S/C33H36N2O5S/c1-3-26-22-34(18-19-40-24-25-12-6-4-7-13-25)32(20-27(26)21-33(36)39-2)30-23-35(31-17-11-10-16-29(30)31)41(37,38)28-14-8-5-9-15-28/h4-17,21,23,26,32H,3,18-20,22,24H2,1-2H3/b27-21+/t26-,32+/m1/s1. The number of carbonyl (C=O) groups is 1. The third-order valence-corrected chi connectivity index (χ3v) is 9.54. The number of piperidine rings is 1. The van der Waals surface area contributed by atoms with Crippen molar-refractivity contribution >= 4 is 26.9 Å². The molecule has 2 heterocycles. The Balaban J connectivity index is 1.52. The minimum Gasteiger partial charge on any atom is -0.466 e. The van der Waals surface area contributed by atoms with Crippen LogP contribution in [0.4, 0.5) is 0 Å². The number of carbonyl (C=O) groups excluding carboxylic acids is 1. The molecule has 0 radical (unpaired) electrons. The number of aromatic nitrogens is 1. The lowest BCUT2D eigenvalue weighted by molar-refractivity contribution is -0.135. The van der Waals surface area contributed by atoms with Crippen LogP contribution in [0.3, 0.4) is 0 Å². The van der Waals surface area contributed by atoms with Crippen LogP contribution in [-0.4, -0.2) is 50.1 Å². The Morgan fingerprint density at radius 2 is 1.66 bits per heavy atom. The summed E-state index contributed by atoms with van der Waals surface area (Å²) >= 11 is 0. The molecule has 214 valence electrons. The lowest BCUT2D eigenvalue weighted by Gasteiger charge is -2.41. The Hall–Kier alpha value is -3.72. The van der Waals surface area contributed by atoms with Gasteiger partial charge in [0, 0.05) is 36.8 Å². The van der Waals surface area contributed by atoms with Gasteiger partial charge in [-0.05, 0) is 48.1 Å². The molecule has 1 aliphatic rings. The maximum Gasteiger partial charge on any atom is 0.330 e. The quantitative estimate of drug-likeness (QED) is 0.132. The Labute approximate surface area is 242 Å². The fourth-order valence-electron chi connectivity index (χ4n) is 5.67. The summed E-state index contributed by atoms with van der Waals surface area (Å²) in [7, 11) is -2.43. The van der Waals surface area contributed by atoms with E-state index in [1.165, 1.54) is 11.1 Å². The number of fused-ring (bicyclic) bond motifs is 1. The van der Waals surface area contributed by atoms with Gasteiger partial charge in [0.25, 0.3) is 10.0 Å². The number of esters is 1. The van der Waals surface area contributed by atoms with E-state index in [2.05, 4.69) is 11.8 Å². The van der Waals surface area contributed by atoms with Crippen molar-refractivity contribution in [3.05, 3.63) is 114 Å². The van der Waals surface area contributed by atoms with Crippen LogP contribution in [0, 0.1) is 5.92 Å². The van der Waals surface area contributed by atoms with E-state index < -0.39 is 10.0 Å². The molecule has 0 amide bonds. The number of hydrogen-bond acceptors (Lipinski definition) is 6.